The lowest BCUT2D eigenvalue weighted by atomic mass is 10.4. The summed E-state index contributed by atoms with van der Waals surface area (Å²) < 4.78 is 25.8. The number of sulfonamides is 1. The summed E-state index contributed by atoms with van der Waals surface area (Å²) >= 11 is 3.21. The molecule has 0 radical (unpaired) electrons. The summed E-state index contributed by atoms with van der Waals surface area (Å²) in [7, 11) is -3.66. The van der Waals surface area contributed by atoms with E-state index in [0.29, 0.717) is 17.3 Å². The second-order valence-electron chi connectivity index (χ2n) is 3.53. The summed E-state index contributed by atoms with van der Waals surface area (Å²) in [6.07, 6.45) is 0.916. The molecule has 0 spiro atoms. The van der Waals surface area contributed by atoms with Gasteiger partial charge in [0, 0.05) is 17.4 Å². The first-order valence-electron chi connectivity index (χ1n) is 4.83. The van der Waals surface area contributed by atoms with Crippen LogP contribution in [0, 0.1) is 0 Å². The fourth-order valence-corrected chi connectivity index (χ4v) is 3.69. The minimum Gasteiger partial charge on any atom is -0.274 e. The highest BCUT2D eigenvalue weighted by atomic mass is 79.9. The van der Waals surface area contributed by atoms with Crippen LogP contribution in [-0.2, 0) is 14.8 Å². The average molecular weight is 304 g/mol. The van der Waals surface area contributed by atoms with Crippen LogP contribution in [0.25, 0.3) is 0 Å². The van der Waals surface area contributed by atoms with Gasteiger partial charge in [-0.1, -0.05) is 22.0 Å². The van der Waals surface area contributed by atoms with Gasteiger partial charge in [0.25, 0.3) is 10.0 Å². The molecule has 16 heavy (non-hydrogen) atoms. The number of hydrogen-bond acceptors (Lipinski definition) is 3. The number of halogens is 1. The summed E-state index contributed by atoms with van der Waals surface area (Å²) in [6, 6.07) is 6.37. The zero-order chi connectivity index (χ0) is 11.8. The first-order chi connectivity index (χ1) is 7.51. The molecule has 0 saturated carbocycles. The molecule has 1 aliphatic heterocycles. The van der Waals surface area contributed by atoms with Crippen molar-refractivity contribution in [1.82, 2.24) is 4.31 Å². The molecular weight excluding hydrogens is 294 g/mol. The Hall–Kier alpha value is -0.880. The Balaban J connectivity index is 2.43. The summed E-state index contributed by atoms with van der Waals surface area (Å²) in [5, 5.41) is 0. The minimum atomic E-state index is -3.66. The van der Waals surface area contributed by atoms with Crippen LogP contribution >= 0.6 is 15.9 Å². The van der Waals surface area contributed by atoms with Crippen molar-refractivity contribution in [2.24, 2.45) is 0 Å². The predicted octanol–water partition coefficient (Wildman–Crippen LogP) is 1.76. The molecule has 1 aromatic rings. The van der Waals surface area contributed by atoms with E-state index in [1.54, 1.807) is 12.1 Å². The molecule has 0 atom stereocenters. The molecule has 2 rings (SSSR count). The van der Waals surface area contributed by atoms with E-state index in [1.807, 2.05) is 0 Å². The van der Waals surface area contributed by atoms with Gasteiger partial charge in [-0.3, -0.25) is 4.79 Å². The van der Waals surface area contributed by atoms with Crippen molar-refractivity contribution < 1.29 is 13.2 Å². The van der Waals surface area contributed by atoms with E-state index < -0.39 is 10.0 Å². The van der Waals surface area contributed by atoms with Crippen LogP contribution < -0.4 is 0 Å². The highest BCUT2D eigenvalue weighted by Gasteiger charge is 2.32. The molecule has 86 valence electrons. The molecule has 1 heterocycles. The van der Waals surface area contributed by atoms with E-state index in [1.165, 1.54) is 12.1 Å². The van der Waals surface area contributed by atoms with Crippen LogP contribution in [0.2, 0.25) is 0 Å². The van der Waals surface area contributed by atoms with E-state index >= 15 is 0 Å². The van der Waals surface area contributed by atoms with Gasteiger partial charge < -0.3 is 0 Å². The quantitative estimate of drug-likeness (QED) is 0.836. The minimum absolute atomic E-state index is 0.150. The van der Waals surface area contributed by atoms with E-state index in [0.717, 1.165) is 4.31 Å². The third-order valence-electron chi connectivity index (χ3n) is 2.41. The van der Waals surface area contributed by atoms with E-state index in [4.69, 9.17) is 0 Å². The number of rotatable bonds is 2. The summed E-state index contributed by atoms with van der Waals surface area (Å²) in [5.41, 5.74) is 0. The fraction of sp³-hybridized carbons (Fsp3) is 0.300. The molecule has 1 amide bonds. The number of hydrogen-bond donors (Lipinski definition) is 0. The van der Waals surface area contributed by atoms with Crippen LogP contribution in [0.4, 0.5) is 0 Å². The Morgan fingerprint density at radius 2 is 2.06 bits per heavy atom. The van der Waals surface area contributed by atoms with Gasteiger partial charge in [0.1, 0.15) is 0 Å². The van der Waals surface area contributed by atoms with Gasteiger partial charge in [-0.15, -0.1) is 0 Å². The van der Waals surface area contributed by atoms with Crippen LogP contribution in [0.1, 0.15) is 12.8 Å². The Morgan fingerprint density at radius 1 is 1.31 bits per heavy atom. The lowest BCUT2D eigenvalue weighted by Gasteiger charge is -2.15. The van der Waals surface area contributed by atoms with E-state index in [2.05, 4.69) is 15.9 Å². The van der Waals surface area contributed by atoms with Crippen molar-refractivity contribution in [2.75, 3.05) is 6.54 Å². The fourth-order valence-electron chi connectivity index (χ4n) is 1.63. The average Bonchev–Trinajstić information content (AvgIpc) is 2.65. The number of carbonyl (C=O) groups is 1. The third-order valence-corrected chi connectivity index (χ3v) is 4.72. The Morgan fingerprint density at radius 3 is 2.62 bits per heavy atom. The first-order valence-corrected chi connectivity index (χ1v) is 7.06. The van der Waals surface area contributed by atoms with Crippen molar-refractivity contribution in [3.8, 4) is 0 Å². The van der Waals surface area contributed by atoms with Gasteiger partial charge in [0.15, 0.2) is 0 Å². The molecule has 1 saturated heterocycles. The maximum atomic E-state index is 12.1. The lowest BCUT2D eigenvalue weighted by Crippen LogP contribution is -2.31. The summed E-state index contributed by atoms with van der Waals surface area (Å²) in [6.45, 7) is 0.285. The zero-order valence-electron chi connectivity index (χ0n) is 8.39. The molecule has 0 aliphatic carbocycles. The molecule has 0 unspecified atom stereocenters. The monoisotopic (exact) mass is 303 g/mol. The van der Waals surface area contributed by atoms with Crippen LogP contribution in [0.3, 0.4) is 0 Å². The van der Waals surface area contributed by atoms with Crippen molar-refractivity contribution in [2.45, 2.75) is 17.7 Å². The van der Waals surface area contributed by atoms with Gasteiger partial charge in [-0.05, 0) is 24.6 Å². The molecule has 6 heteroatoms. The number of benzene rings is 1. The van der Waals surface area contributed by atoms with Crippen LogP contribution in [0.15, 0.2) is 33.6 Å². The normalized spacial score (nSPS) is 16.8. The van der Waals surface area contributed by atoms with Gasteiger partial charge in [-0.25, -0.2) is 12.7 Å². The smallest absolute Gasteiger partial charge is 0.266 e. The second kappa shape index (κ2) is 4.18. The maximum Gasteiger partial charge on any atom is 0.266 e. The highest BCUT2D eigenvalue weighted by Crippen LogP contribution is 2.23. The largest absolute Gasteiger partial charge is 0.274 e. The molecule has 1 aliphatic rings. The molecule has 4 nitrogen and oxygen atoms in total. The Bertz CT molecular complexity index is 527. The standard InChI is InChI=1S/C10H10BrNO3S/c11-8-3-1-4-9(7-8)16(14,15)12-6-2-5-10(12)13/h1,3-4,7H,2,5-6H2. The molecule has 0 N–H and O–H groups in total. The maximum absolute atomic E-state index is 12.1. The van der Waals surface area contributed by atoms with Crippen molar-refractivity contribution in [3.63, 3.8) is 0 Å². The van der Waals surface area contributed by atoms with Gasteiger partial charge in [-0.2, -0.15) is 0 Å². The lowest BCUT2D eigenvalue weighted by molar-refractivity contribution is -0.123. The molecular formula is C10H10BrNO3S. The first kappa shape index (κ1) is 11.6. The topological polar surface area (TPSA) is 54.5 Å². The van der Waals surface area contributed by atoms with Gasteiger partial charge in [0.2, 0.25) is 5.91 Å². The summed E-state index contributed by atoms with van der Waals surface area (Å²) in [4.78, 5) is 11.6. The van der Waals surface area contributed by atoms with E-state index in [9.17, 15) is 13.2 Å². The SMILES string of the molecule is O=C1CCCN1S(=O)(=O)c1cccc(Br)c1. The second-order valence-corrected chi connectivity index (χ2v) is 6.31. The van der Waals surface area contributed by atoms with E-state index in [-0.39, 0.29) is 17.3 Å². The zero-order valence-corrected chi connectivity index (χ0v) is 10.8. The number of carbonyl (C=O) groups excluding carboxylic acids is 1. The highest BCUT2D eigenvalue weighted by molar-refractivity contribution is 9.10. The van der Waals surface area contributed by atoms with Crippen LogP contribution in [-0.4, -0.2) is 25.2 Å². The van der Waals surface area contributed by atoms with Crippen molar-refractivity contribution in [1.29, 1.82) is 0 Å². The third kappa shape index (κ3) is 1.99. The van der Waals surface area contributed by atoms with Gasteiger partial charge >= 0.3 is 0 Å². The Labute approximate surface area is 102 Å². The molecule has 0 aromatic heterocycles. The summed E-state index contributed by atoms with van der Waals surface area (Å²) in [5.74, 6) is -0.319. The Kier molecular flexibility index (Phi) is 3.03. The molecule has 1 aromatic carbocycles. The predicted molar refractivity (Wildman–Crippen MR) is 62.3 cm³/mol. The van der Waals surface area contributed by atoms with Crippen LogP contribution in [0.5, 0.6) is 0 Å². The number of amides is 1. The number of nitrogens with zero attached hydrogens (tertiary/aromatic N) is 1. The molecule has 1 fully saturated rings. The van der Waals surface area contributed by atoms with Crippen molar-refractivity contribution in [3.05, 3.63) is 28.7 Å². The molecule has 0 bridgehead atoms. The van der Waals surface area contributed by atoms with Crippen molar-refractivity contribution >= 4 is 31.9 Å². The van der Waals surface area contributed by atoms with Gasteiger partial charge in [0.05, 0.1) is 4.90 Å².